The molecule has 4 rings (SSSR count). The molecule has 2 aliphatic rings. The summed E-state index contributed by atoms with van der Waals surface area (Å²) >= 11 is 6.00. The van der Waals surface area contributed by atoms with E-state index in [0.717, 1.165) is 44.3 Å². The molecule has 34 heavy (non-hydrogen) atoms. The Morgan fingerprint density at radius 1 is 1.03 bits per heavy atom. The van der Waals surface area contributed by atoms with Gasteiger partial charge in [-0.15, -0.1) is 0 Å². The Morgan fingerprint density at radius 2 is 1.76 bits per heavy atom. The van der Waals surface area contributed by atoms with E-state index in [1.807, 2.05) is 17.9 Å². The van der Waals surface area contributed by atoms with Crippen LogP contribution < -0.4 is 4.74 Å². The summed E-state index contributed by atoms with van der Waals surface area (Å²) in [4.78, 5) is 15.5. The highest BCUT2D eigenvalue weighted by molar-refractivity contribution is 7.89. The molecule has 0 radical (unpaired) electrons. The van der Waals surface area contributed by atoms with Crippen LogP contribution in [0.1, 0.15) is 44.1 Å². The average Bonchev–Trinajstić information content (AvgIpc) is 2.84. The van der Waals surface area contributed by atoms with Gasteiger partial charge < -0.3 is 9.64 Å². The van der Waals surface area contributed by atoms with E-state index in [9.17, 15) is 13.2 Å². The molecule has 0 N–H and O–H groups in total. The van der Waals surface area contributed by atoms with Crippen LogP contribution in [0.2, 0.25) is 5.02 Å². The van der Waals surface area contributed by atoms with Gasteiger partial charge in [0.25, 0.3) is 0 Å². The van der Waals surface area contributed by atoms with Crippen LogP contribution in [0.4, 0.5) is 0 Å². The molecule has 0 aliphatic carbocycles. The summed E-state index contributed by atoms with van der Waals surface area (Å²) in [6.07, 6.45) is 4.89. The van der Waals surface area contributed by atoms with Crippen molar-refractivity contribution in [3.8, 4) is 5.75 Å². The number of sulfonamides is 1. The lowest BCUT2D eigenvalue weighted by molar-refractivity contribution is -0.136. The van der Waals surface area contributed by atoms with Crippen LogP contribution >= 0.6 is 11.6 Å². The molecule has 0 unspecified atom stereocenters. The summed E-state index contributed by atoms with van der Waals surface area (Å²) in [5.41, 5.74) is 0.305. The Morgan fingerprint density at radius 3 is 2.47 bits per heavy atom. The second-order valence-electron chi connectivity index (χ2n) is 9.62. The van der Waals surface area contributed by atoms with Crippen LogP contribution in [0.25, 0.3) is 0 Å². The topological polar surface area (TPSA) is 66.9 Å². The molecule has 2 fully saturated rings. The zero-order valence-corrected chi connectivity index (χ0v) is 21.3. The first-order chi connectivity index (χ1) is 16.3. The SMILES string of the molecule is Cc1cccc(S(=O)(=O)N2CCC[C@](COc3ccc(Cl)cc3)(CC(=O)N3CCCCC3)C2)c1. The van der Waals surface area contributed by atoms with E-state index in [-0.39, 0.29) is 25.5 Å². The number of carbonyl (C=O) groups is 1. The van der Waals surface area contributed by atoms with Gasteiger partial charge in [-0.3, -0.25) is 4.79 Å². The maximum Gasteiger partial charge on any atom is 0.243 e. The van der Waals surface area contributed by atoms with Gasteiger partial charge in [0.2, 0.25) is 15.9 Å². The Kier molecular flexibility index (Phi) is 7.85. The third-order valence-electron chi connectivity index (χ3n) is 6.85. The lowest BCUT2D eigenvalue weighted by Gasteiger charge is -2.42. The number of aryl methyl sites for hydroxylation is 1. The summed E-state index contributed by atoms with van der Waals surface area (Å²) in [7, 11) is -3.67. The Hall–Kier alpha value is -2.09. The van der Waals surface area contributed by atoms with Crippen molar-refractivity contribution < 1.29 is 17.9 Å². The first kappa shape index (κ1) is 25.0. The van der Waals surface area contributed by atoms with Gasteiger partial charge in [-0.05, 0) is 81.0 Å². The van der Waals surface area contributed by atoms with Gasteiger partial charge in [-0.25, -0.2) is 8.42 Å². The minimum Gasteiger partial charge on any atom is -0.493 e. The predicted molar refractivity (Wildman–Crippen MR) is 134 cm³/mol. The summed E-state index contributed by atoms with van der Waals surface area (Å²) in [5, 5.41) is 0.621. The van der Waals surface area contributed by atoms with Crippen LogP contribution in [-0.4, -0.2) is 56.3 Å². The van der Waals surface area contributed by atoms with Crippen molar-refractivity contribution in [2.45, 2.75) is 50.3 Å². The smallest absolute Gasteiger partial charge is 0.243 e. The second kappa shape index (κ2) is 10.7. The number of hydrogen-bond donors (Lipinski definition) is 0. The number of piperidine rings is 2. The molecule has 6 nitrogen and oxygen atoms in total. The number of amides is 1. The molecular formula is C26H33ClN2O4S. The highest BCUT2D eigenvalue weighted by Gasteiger charge is 2.43. The quantitative estimate of drug-likeness (QED) is 0.537. The maximum atomic E-state index is 13.5. The van der Waals surface area contributed by atoms with Crippen LogP contribution in [0.3, 0.4) is 0 Å². The first-order valence-corrected chi connectivity index (χ1v) is 13.8. The second-order valence-corrected chi connectivity index (χ2v) is 12.0. The fraction of sp³-hybridized carbons (Fsp3) is 0.500. The summed E-state index contributed by atoms with van der Waals surface area (Å²) < 4.78 is 34.7. The molecule has 0 saturated carbocycles. The largest absolute Gasteiger partial charge is 0.493 e. The number of rotatable bonds is 7. The van der Waals surface area contributed by atoms with E-state index in [0.29, 0.717) is 28.6 Å². The number of carbonyl (C=O) groups excluding carboxylic acids is 1. The van der Waals surface area contributed by atoms with Crippen LogP contribution in [0.5, 0.6) is 5.75 Å². The first-order valence-electron chi connectivity index (χ1n) is 12.0. The third-order valence-corrected chi connectivity index (χ3v) is 8.94. The summed E-state index contributed by atoms with van der Waals surface area (Å²) in [6, 6.07) is 14.1. The monoisotopic (exact) mass is 504 g/mol. The zero-order valence-electron chi connectivity index (χ0n) is 19.7. The lowest BCUT2D eigenvalue weighted by Crippen LogP contribution is -2.51. The molecule has 0 aromatic heterocycles. The molecule has 0 bridgehead atoms. The van der Waals surface area contributed by atoms with Crippen LogP contribution in [0.15, 0.2) is 53.4 Å². The molecule has 1 atom stereocenters. The molecule has 2 aromatic carbocycles. The lowest BCUT2D eigenvalue weighted by atomic mass is 9.78. The van der Waals surface area contributed by atoms with E-state index in [1.165, 1.54) is 0 Å². The third kappa shape index (κ3) is 5.93. The average molecular weight is 505 g/mol. The molecule has 2 saturated heterocycles. The maximum absolute atomic E-state index is 13.5. The van der Waals surface area contributed by atoms with Gasteiger partial charge >= 0.3 is 0 Å². The number of halogens is 1. The zero-order chi connectivity index (χ0) is 24.2. The molecular weight excluding hydrogens is 472 g/mol. The highest BCUT2D eigenvalue weighted by Crippen LogP contribution is 2.38. The molecule has 2 aliphatic heterocycles. The molecule has 1 amide bonds. The number of nitrogens with zero attached hydrogens (tertiary/aromatic N) is 2. The Labute approximate surface area is 207 Å². The van der Waals surface area contributed by atoms with Gasteiger partial charge in [0.15, 0.2) is 0 Å². The van der Waals surface area contributed by atoms with Crippen molar-refractivity contribution in [3.63, 3.8) is 0 Å². The fourth-order valence-electron chi connectivity index (χ4n) is 4.95. The van der Waals surface area contributed by atoms with Crippen molar-refractivity contribution in [2.24, 2.45) is 5.41 Å². The number of ether oxygens (including phenoxy) is 1. The molecule has 2 heterocycles. The molecule has 0 spiro atoms. The normalized spacial score (nSPS) is 21.9. The van der Waals surface area contributed by atoms with Gasteiger partial charge in [0.1, 0.15) is 5.75 Å². The highest BCUT2D eigenvalue weighted by atomic mass is 35.5. The van der Waals surface area contributed by atoms with E-state index >= 15 is 0 Å². The van der Waals surface area contributed by atoms with Crippen molar-refractivity contribution in [2.75, 3.05) is 32.8 Å². The van der Waals surface area contributed by atoms with E-state index in [4.69, 9.17) is 16.3 Å². The Bertz CT molecular complexity index is 1100. The van der Waals surface area contributed by atoms with Crippen LogP contribution in [-0.2, 0) is 14.8 Å². The Balaban J connectivity index is 1.58. The van der Waals surface area contributed by atoms with Gasteiger partial charge in [-0.2, -0.15) is 4.31 Å². The fourth-order valence-corrected chi connectivity index (χ4v) is 6.77. The molecule has 8 heteroatoms. The van der Waals surface area contributed by atoms with Crippen molar-refractivity contribution >= 4 is 27.5 Å². The molecule has 184 valence electrons. The van der Waals surface area contributed by atoms with E-state index in [1.54, 1.807) is 46.8 Å². The van der Waals surface area contributed by atoms with E-state index < -0.39 is 15.4 Å². The summed E-state index contributed by atoms with van der Waals surface area (Å²) in [6.45, 7) is 4.41. The minimum atomic E-state index is -3.67. The van der Waals surface area contributed by atoms with Gasteiger partial charge in [0, 0.05) is 43.0 Å². The van der Waals surface area contributed by atoms with Gasteiger partial charge in [-0.1, -0.05) is 23.7 Å². The summed E-state index contributed by atoms with van der Waals surface area (Å²) in [5.74, 6) is 0.752. The predicted octanol–water partition coefficient (Wildman–Crippen LogP) is 4.90. The minimum absolute atomic E-state index is 0.0919. The number of benzene rings is 2. The number of hydrogen-bond acceptors (Lipinski definition) is 4. The van der Waals surface area contributed by atoms with Crippen molar-refractivity contribution in [1.29, 1.82) is 0 Å². The van der Waals surface area contributed by atoms with Crippen molar-refractivity contribution in [1.82, 2.24) is 9.21 Å². The molecule has 2 aromatic rings. The standard InChI is InChI=1S/C26H33ClN2O4S/c1-21-7-5-8-24(17-21)34(31,32)29-16-6-13-26(19-29,18-25(30)28-14-3-2-4-15-28)20-33-23-11-9-22(27)10-12-23/h5,7-12,17H,2-4,6,13-16,18-20H2,1H3/t26-/m0/s1. The number of likely N-dealkylation sites (tertiary alicyclic amines) is 1. The van der Waals surface area contributed by atoms with Gasteiger partial charge in [0.05, 0.1) is 11.5 Å². The van der Waals surface area contributed by atoms with Crippen LogP contribution in [0, 0.1) is 12.3 Å². The van der Waals surface area contributed by atoms with E-state index in [2.05, 4.69) is 0 Å². The van der Waals surface area contributed by atoms with Crippen molar-refractivity contribution in [3.05, 3.63) is 59.1 Å².